The van der Waals surface area contributed by atoms with Crippen molar-refractivity contribution in [3.8, 4) is 0 Å². The lowest BCUT2D eigenvalue weighted by Crippen LogP contribution is -1.96. The Morgan fingerprint density at radius 3 is 3.21 bits per heavy atom. The molecule has 74 valence electrons. The first kappa shape index (κ1) is 9.07. The Labute approximate surface area is 83.2 Å². The van der Waals surface area contributed by atoms with E-state index >= 15 is 0 Å². The van der Waals surface area contributed by atoms with E-state index in [1.165, 1.54) is 17.7 Å². The van der Waals surface area contributed by atoms with Crippen molar-refractivity contribution in [1.29, 1.82) is 0 Å². The van der Waals surface area contributed by atoms with Gasteiger partial charge in [-0.15, -0.1) is 10.2 Å². The predicted octanol–water partition coefficient (Wildman–Crippen LogP) is 0.593. The first-order chi connectivity index (χ1) is 6.75. The van der Waals surface area contributed by atoms with Gasteiger partial charge >= 0.3 is 5.97 Å². The van der Waals surface area contributed by atoms with E-state index in [4.69, 9.17) is 5.11 Å². The van der Waals surface area contributed by atoms with Crippen LogP contribution in [0.25, 0.3) is 4.96 Å². The maximum absolute atomic E-state index is 10.3. The number of aromatic nitrogens is 4. The van der Waals surface area contributed by atoms with Gasteiger partial charge in [0.1, 0.15) is 11.3 Å². The average molecular weight is 212 g/mol. The molecule has 0 fully saturated rings. The van der Waals surface area contributed by atoms with Crippen molar-refractivity contribution in [3.05, 3.63) is 11.3 Å². The summed E-state index contributed by atoms with van der Waals surface area (Å²) in [5, 5.41) is 21.0. The van der Waals surface area contributed by atoms with Crippen LogP contribution in [0, 0.1) is 0 Å². The lowest BCUT2D eigenvalue weighted by Gasteiger charge is -1.91. The normalized spacial score (nSPS) is 10.9. The van der Waals surface area contributed by atoms with Crippen LogP contribution in [0.4, 0.5) is 0 Å². The number of rotatable bonds is 4. The minimum Gasteiger partial charge on any atom is -0.481 e. The monoisotopic (exact) mass is 212 g/mol. The molecule has 0 aromatic carbocycles. The Bertz CT molecular complexity index is 421. The molecule has 0 spiro atoms. The summed E-state index contributed by atoms with van der Waals surface area (Å²) < 4.78 is 1.60. The molecule has 0 saturated heterocycles. The number of hydrogen-bond acceptors (Lipinski definition) is 5. The average Bonchev–Trinajstić information content (AvgIpc) is 2.62. The fourth-order valence-corrected chi connectivity index (χ4v) is 1.95. The summed E-state index contributed by atoms with van der Waals surface area (Å²) >= 11 is 1.44. The summed E-state index contributed by atoms with van der Waals surface area (Å²) in [5.41, 5.74) is 0. The summed E-state index contributed by atoms with van der Waals surface area (Å²) in [6.07, 6.45) is 3.01. The number of fused-ring (bicyclic) bond motifs is 1. The summed E-state index contributed by atoms with van der Waals surface area (Å²) in [6, 6.07) is 0. The number of carbonyl (C=O) groups is 1. The molecule has 0 atom stereocenters. The van der Waals surface area contributed by atoms with Gasteiger partial charge in [-0.2, -0.15) is 9.61 Å². The Kier molecular flexibility index (Phi) is 2.40. The van der Waals surface area contributed by atoms with Gasteiger partial charge in [-0.1, -0.05) is 11.3 Å². The van der Waals surface area contributed by atoms with Crippen LogP contribution in [0.15, 0.2) is 6.33 Å². The number of carboxylic acids is 1. The summed E-state index contributed by atoms with van der Waals surface area (Å²) in [4.78, 5) is 11.0. The molecule has 2 heterocycles. The molecule has 14 heavy (non-hydrogen) atoms. The highest BCUT2D eigenvalue weighted by Crippen LogP contribution is 2.13. The van der Waals surface area contributed by atoms with Crippen LogP contribution in [-0.4, -0.2) is 30.9 Å². The molecular formula is C7H8N4O2S. The standard InChI is InChI=1S/C7H8N4O2S/c12-6(13)3-1-2-5-10-11-4-8-9-7(11)14-5/h4H,1-3H2,(H,12,13). The van der Waals surface area contributed by atoms with Gasteiger partial charge in [-0.25, -0.2) is 0 Å². The van der Waals surface area contributed by atoms with Crippen LogP contribution in [0.3, 0.4) is 0 Å². The molecule has 0 bridgehead atoms. The Morgan fingerprint density at radius 2 is 2.50 bits per heavy atom. The molecular weight excluding hydrogens is 204 g/mol. The number of aryl methyl sites for hydroxylation is 1. The molecule has 0 aliphatic rings. The largest absolute Gasteiger partial charge is 0.481 e. The van der Waals surface area contributed by atoms with Gasteiger partial charge in [-0.05, 0) is 6.42 Å². The summed E-state index contributed by atoms with van der Waals surface area (Å²) in [7, 11) is 0. The Hall–Kier alpha value is -1.50. The smallest absolute Gasteiger partial charge is 0.303 e. The van der Waals surface area contributed by atoms with Crippen LogP contribution in [0.5, 0.6) is 0 Å². The van der Waals surface area contributed by atoms with E-state index < -0.39 is 5.97 Å². The first-order valence-corrected chi connectivity index (χ1v) is 4.95. The molecule has 0 radical (unpaired) electrons. The SMILES string of the molecule is O=C(O)CCCc1nn2cnnc2s1. The number of nitrogens with zero attached hydrogens (tertiary/aromatic N) is 4. The van der Waals surface area contributed by atoms with Crippen molar-refractivity contribution >= 4 is 22.3 Å². The lowest BCUT2D eigenvalue weighted by atomic mass is 10.2. The van der Waals surface area contributed by atoms with Gasteiger partial charge in [0.05, 0.1) is 0 Å². The zero-order valence-electron chi connectivity index (χ0n) is 7.25. The zero-order chi connectivity index (χ0) is 9.97. The van der Waals surface area contributed by atoms with Crippen LogP contribution in [0.1, 0.15) is 17.8 Å². The highest BCUT2D eigenvalue weighted by molar-refractivity contribution is 7.16. The molecule has 1 N–H and O–H groups in total. The predicted molar refractivity (Wildman–Crippen MR) is 49.2 cm³/mol. The van der Waals surface area contributed by atoms with E-state index in [0.717, 1.165) is 9.97 Å². The van der Waals surface area contributed by atoms with E-state index in [1.54, 1.807) is 4.52 Å². The van der Waals surface area contributed by atoms with E-state index in [2.05, 4.69) is 15.3 Å². The van der Waals surface area contributed by atoms with Gasteiger partial charge in [0, 0.05) is 12.8 Å². The van der Waals surface area contributed by atoms with Crippen molar-refractivity contribution in [1.82, 2.24) is 19.8 Å². The van der Waals surface area contributed by atoms with Gasteiger partial charge in [-0.3, -0.25) is 4.79 Å². The second-order valence-electron chi connectivity index (χ2n) is 2.80. The van der Waals surface area contributed by atoms with Crippen molar-refractivity contribution in [2.24, 2.45) is 0 Å². The molecule has 0 saturated carbocycles. The fourth-order valence-electron chi connectivity index (χ4n) is 1.09. The molecule has 2 rings (SSSR count). The number of aliphatic carboxylic acids is 1. The Morgan fingerprint density at radius 1 is 1.64 bits per heavy atom. The van der Waals surface area contributed by atoms with Crippen molar-refractivity contribution < 1.29 is 9.90 Å². The first-order valence-electron chi connectivity index (χ1n) is 4.13. The van der Waals surface area contributed by atoms with E-state index in [9.17, 15) is 4.79 Å². The topological polar surface area (TPSA) is 80.4 Å². The summed E-state index contributed by atoms with van der Waals surface area (Å²) in [6.45, 7) is 0. The highest BCUT2D eigenvalue weighted by atomic mass is 32.1. The van der Waals surface area contributed by atoms with Crippen LogP contribution in [-0.2, 0) is 11.2 Å². The van der Waals surface area contributed by atoms with Crippen molar-refractivity contribution in [2.45, 2.75) is 19.3 Å². The van der Waals surface area contributed by atoms with E-state index in [1.807, 2.05) is 0 Å². The van der Waals surface area contributed by atoms with Crippen molar-refractivity contribution in [2.75, 3.05) is 0 Å². The number of hydrogen-bond donors (Lipinski definition) is 1. The second-order valence-corrected chi connectivity index (χ2v) is 3.84. The highest BCUT2D eigenvalue weighted by Gasteiger charge is 2.05. The quantitative estimate of drug-likeness (QED) is 0.802. The fraction of sp³-hybridized carbons (Fsp3) is 0.429. The van der Waals surface area contributed by atoms with Gasteiger partial charge < -0.3 is 5.11 Å². The van der Waals surface area contributed by atoms with Crippen LogP contribution in [0.2, 0.25) is 0 Å². The maximum atomic E-state index is 10.3. The van der Waals surface area contributed by atoms with E-state index in [-0.39, 0.29) is 6.42 Å². The second kappa shape index (κ2) is 3.70. The Balaban J connectivity index is 1.98. The van der Waals surface area contributed by atoms with Crippen LogP contribution < -0.4 is 0 Å². The molecule has 2 aromatic heterocycles. The third-order valence-electron chi connectivity index (χ3n) is 1.71. The van der Waals surface area contributed by atoms with Crippen LogP contribution >= 0.6 is 11.3 Å². The number of carboxylic acid groups (broad SMARTS) is 1. The van der Waals surface area contributed by atoms with Gasteiger partial charge in [0.2, 0.25) is 4.96 Å². The molecule has 0 aliphatic heterocycles. The third-order valence-corrected chi connectivity index (χ3v) is 2.68. The summed E-state index contributed by atoms with van der Waals surface area (Å²) in [5.74, 6) is -0.770. The molecule has 0 aliphatic carbocycles. The lowest BCUT2D eigenvalue weighted by molar-refractivity contribution is -0.137. The zero-order valence-corrected chi connectivity index (χ0v) is 8.07. The molecule has 0 amide bonds. The van der Waals surface area contributed by atoms with Gasteiger partial charge in [0.15, 0.2) is 0 Å². The molecule has 7 heteroatoms. The van der Waals surface area contributed by atoms with E-state index in [0.29, 0.717) is 12.8 Å². The maximum Gasteiger partial charge on any atom is 0.303 e. The molecule has 2 aromatic rings. The third kappa shape index (κ3) is 1.87. The molecule has 0 unspecified atom stereocenters. The van der Waals surface area contributed by atoms with Gasteiger partial charge in [0.25, 0.3) is 0 Å². The minimum absolute atomic E-state index is 0.181. The van der Waals surface area contributed by atoms with Crippen molar-refractivity contribution in [3.63, 3.8) is 0 Å². The minimum atomic E-state index is -0.770. The molecule has 6 nitrogen and oxygen atoms in total.